The van der Waals surface area contributed by atoms with Crippen molar-refractivity contribution in [1.82, 2.24) is 15.5 Å². The monoisotopic (exact) mass is 391 g/mol. The zero-order valence-corrected chi connectivity index (χ0v) is 16.5. The number of benzene rings is 1. The van der Waals surface area contributed by atoms with Gasteiger partial charge in [0.05, 0.1) is 0 Å². The molecule has 1 aliphatic heterocycles. The van der Waals surface area contributed by atoms with Gasteiger partial charge in [0.1, 0.15) is 17.7 Å². The van der Waals surface area contributed by atoms with E-state index in [1.165, 1.54) is 12.1 Å². The maximum Gasteiger partial charge on any atom is 0.317 e. The predicted octanol–water partition coefficient (Wildman–Crippen LogP) is 2.93. The molecule has 2 fully saturated rings. The minimum atomic E-state index is -0.277. The summed E-state index contributed by atoms with van der Waals surface area (Å²) in [6.07, 6.45) is 5.33. The molecule has 0 unspecified atom stereocenters. The summed E-state index contributed by atoms with van der Waals surface area (Å²) in [5.41, 5.74) is 0. The van der Waals surface area contributed by atoms with Gasteiger partial charge in [-0.15, -0.1) is 0 Å². The van der Waals surface area contributed by atoms with E-state index in [0.29, 0.717) is 31.3 Å². The minimum absolute atomic E-state index is 0.0198. The van der Waals surface area contributed by atoms with Crippen LogP contribution in [0.3, 0.4) is 0 Å². The van der Waals surface area contributed by atoms with Crippen LogP contribution in [0, 0.1) is 17.7 Å². The van der Waals surface area contributed by atoms with E-state index in [9.17, 15) is 14.0 Å². The fraction of sp³-hybridized carbons (Fsp3) is 0.619. The van der Waals surface area contributed by atoms with E-state index < -0.39 is 0 Å². The molecule has 1 aromatic carbocycles. The second-order valence-corrected chi connectivity index (χ2v) is 7.78. The molecule has 0 aromatic heterocycles. The highest BCUT2D eigenvalue weighted by Gasteiger charge is 2.27. The number of amides is 3. The van der Waals surface area contributed by atoms with Crippen LogP contribution in [0.25, 0.3) is 0 Å². The van der Waals surface area contributed by atoms with Gasteiger partial charge in [-0.3, -0.25) is 4.79 Å². The molecule has 6 nitrogen and oxygen atoms in total. The molecule has 1 heterocycles. The molecule has 1 aromatic rings. The number of halogens is 1. The van der Waals surface area contributed by atoms with E-state index in [0.717, 1.165) is 38.5 Å². The Balaban J connectivity index is 1.34. The van der Waals surface area contributed by atoms with Crippen molar-refractivity contribution in [3.8, 4) is 5.75 Å². The molecule has 1 aliphatic carbocycles. The number of carbonyl (C=O) groups excluding carboxylic acids is 2. The summed E-state index contributed by atoms with van der Waals surface area (Å²) in [7, 11) is 1.68. The second-order valence-electron chi connectivity index (χ2n) is 7.78. The number of rotatable bonds is 5. The Morgan fingerprint density at radius 1 is 1.07 bits per heavy atom. The summed E-state index contributed by atoms with van der Waals surface area (Å²) < 4.78 is 18.8. The number of nitrogens with one attached hydrogen (secondary N) is 2. The van der Waals surface area contributed by atoms with Crippen molar-refractivity contribution >= 4 is 11.9 Å². The number of hydrogen-bond donors (Lipinski definition) is 2. The maximum atomic E-state index is 13.0. The Labute approximate surface area is 165 Å². The van der Waals surface area contributed by atoms with Gasteiger partial charge < -0.3 is 20.3 Å². The van der Waals surface area contributed by atoms with Gasteiger partial charge in [-0.05, 0) is 55.9 Å². The highest BCUT2D eigenvalue weighted by molar-refractivity contribution is 5.78. The van der Waals surface area contributed by atoms with Crippen LogP contribution in [0.4, 0.5) is 9.18 Å². The Morgan fingerprint density at radius 2 is 1.71 bits per heavy atom. The van der Waals surface area contributed by atoms with Crippen LogP contribution in [-0.2, 0) is 4.79 Å². The number of piperidine rings is 1. The van der Waals surface area contributed by atoms with Crippen LogP contribution < -0.4 is 15.4 Å². The van der Waals surface area contributed by atoms with E-state index in [2.05, 4.69) is 10.6 Å². The van der Waals surface area contributed by atoms with E-state index >= 15 is 0 Å². The fourth-order valence-electron chi connectivity index (χ4n) is 4.06. The van der Waals surface area contributed by atoms with Gasteiger partial charge in [-0.2, -0.15) is 0 Å². The molecule has 3 amide bonds. The Bertz CT molecular complexity index is 651. The van der Waals surface area contributed by atoms with Crippen molar-refractivity contribution in [3.05, 3.63) is 30.1 Å². The molecule has 0 radical (unpaired) electrons. The first-order valence-corrected chi connectivity index (χ1v) is 10.2. The summed E-state index contributed by atoms with van der Waals surface area (Å²) in [4.78, 5) is 26.0. The van der Waals surface area contributed by atoms with Gasteiger partial charge >= 0.3 is 6.03 Å². The third-order valence-corrected chi connectivity index (χ3v) is 5.85. The van der Waals surface area contributed by atoms with Gasteiger partial charge in [0, 0.05) is 45.4 Å². The molecule has 2 aliphatic rings. The lowest BCUT2D eigenvalue weighted by Crippen LogP contribution is -2.47. The maximum absolute atomic E-state index is 13.0. The standard InChI is InChI=1S/C21H30FN3O3/c1-23-20(26)16-4-2-15(3-5-16)14-24-21(27)25-12-10-19(11-13-25)28-18-8-6-17(22)7-9-18/h6-9,15-16,19H,2-5,10-14H2,1H3,(H,23,26)(H,24,27). The zero-order chi connectivity index (χ0) is 19.9. The highest BCUT2D eigenvalue weighted by atomic mass is 19.1. The molecule has 7 heteroatoms. The van der Waals surface area contributed by atoms with Gasteiger partial charge in [-0.1, -0.05) is 0 Å². The number of hydrogen-bond acceptors (Lipinski definition) is 3. The Kier molecular flexibility index (Phi) is 7.12. The van der Waals surface area contributed by atoms with Crippen molar-refractivity contribution in [2.45, 2.75) is 44.6 Å². The lowest BCUT2D eigenvalue weighted by molar-refractivity contribution is -0.125. The van der Waals surface area contributed by atoms with Gasteiger partial charge in [0.2, 0.25) is 5.91 Å². The fourth-order valence-corrected chi connectivity index (χ4v) is 4.06. The van der Waals surface area contributed by atoms with Gasteiger partial charge in [-0.25, -0.2) is 9.18 Å². The first kappa shape index (κ1) is 20.4. The van der Waals surface area contributed by atoms with E-state index in [1.54, 1.807) is 19.2 Å². The number of nitrogens with zero attached hydrogens (tertiary/aromatic N) is 1. The summed E-state index contributed by atoms with van der Waals surface area (Å²) in [5.74, 6) is 1.09. The van der Waals surface area contributed by atoms with Crippen molar-refractivity contribution < 1.29 is 18.7 Å². The smallest absolute Gasteiger partial charge is 0.317 e. The van der Waals surface area contributed by atoms with Crippen molar-refractivity contribution in [1.29, 1.82) is 0 Å². The van der Waals surface area contributed by atoms with Crippen LogP contribution in [0.1, 0.15) is 38.5 Å². The Morgan fingerprint density at radius 3 is 2.32 bits per heavy atom. The molecule has 28 heavy (non-hydrogen) atoms. The molecule has 154 valence electrons. The van der Waals surface area contributed by atoms with Crippen molar-refractivity contribution in [2.24, 2.45) is 11.8 Å². The van der Waals surface area contributed by atoms with E-state index in [4.69, 9.17) is 4.74 Å². The molecule has 1 saturated carbocycles. The summed E-state index contributed by atoms with van der Waals surface area (Å²) in [6, 6.07) is 6.02. The number of urea groups is 1. The molecular formula is C21H30FN3O3. The molecule has 2 N–H and O–H groups in total. The molecule has 1 saturated heterocycles. The predicted molar refractivity (Wildman–Crippen MR) is 105 cm³/mol. The van der Waals surface area contributed by atoms with Crippen LogP contribution in [0.5, 0.6) is 5.75 Å². The lowest BCUT2D eigenvalue weighted by atomic mass is 9.81. The normalized spacial score (nSPS) is 23.1. The van der Waals surface area contributed by atoms with Crippen LogP contribution in [0.15, 0.2) is 24.3 Å². The van der Waals surface area contributed by atoms with Crippen LogP contribution >= 0.6 is 0 Å². The van der Waals surface area contributed by atoms with Gasteiger partial charge in [0.15, 0.2) is 0 Å². The highest BCUT2D eigenvalue weighted by Crippen LogP contribution is 2.28. The quantitative estimate of drug-likeness (QED) is 0.811. The first-order chi connectivity index (χ1) is 13.5. The molecule has 0 bridgehead atoms. The van der Waals surface area contributed by atoms with E-state index in [1.807, 2.05) is 4.90 Å². The topological polar surface area (TPSA) is 70.7 Å². The average Bonchev–Trinajstić information content (AvgIpc) is 2.74. The van der Waals surface area contributed by atoms with Crippen molar-refractivity contribution in [2.75, 3.05) is 26.7 Å². The number of ether oxygens (including phenoxy) is 1. The lowest BCUT2D eigenvalue weighted by Gasteiger charge is -2.33. The first-order valence-electron chi connectivity index (χ1n) is 10.2. The van der Waals surface area contributed by atoms with Crippen LogP contribution in [-0.4, -0.2) is 49.6 Å². The number of likely N-dealkylation sites (tertiary alicyclic amines) is 1. The minimum Gasteiger partial charge on any atom is -0.490 e. The van der Waals surface area contributed by atoms with Crippen LogP contribution in [0.2, 0.25) is 0 Å². The average molecular weight is 391 g/mol. The summed E-state index contributed by atoms with van der Waals surface area (Å²) in [6.45, 7) is 1.98. The largest absolute Gasteiger partial charge is 0.490 e. The third-order valence-electron chi connectivity index (χ3n) is 5.85. The van der Waals surface area contributed by atoms with Gasteiger partial charge in [0.25, 0.3) is 0 Å². The number of carbonyl (C=O) groups is 2. The van der Waals surface area contributed by atoms with E-state index in [-0.39, 0.29) is 29.8 Å². The molecular weight excluding hydrogens is 361 g/mol. The zero-order valence-electron chi connectivity index (χ0n) is 16.5. The summed E-state index contributed by atoms with van der Waals surface area (Å²) in [5, 5.41) is 5.78. The van der Waals surface area contributed by atoms with Crippen molar-refractivity contribution in [3.63, 3.8) is 0 Å². The summed E-state index contributed by atoms with van der Waals surface area (Å²) >= 11 is 0. The Hall–Kier alpha value is -2.31. The third kappa shape index (κ3) is 5.59. The molecule has 0 spiro atoms. The molecule has 3 rings (SSSR count). The SMILES string of the molecule is CNC(=O)C1CCC(CNC(=O)N2CCC(Oc3ccc(F)cc3)CC2)CC1. The second kappa shape index (κ2) is 9.75. The molecule has 0 atom stereocenters.